The van der Waals surface area contributed by atoms with Crippen LogP contribution in [-0.4, -0.2) is 39.7 Å². The molecule has 0 saturated carbocycles. The van der Waals surface area contributed by atoms with Crippen molar-refractivity contribution >= 4 is 11.7 Å². The first-order chi connectivity index (χ1) is 15.4. The predicted molar refractivity (Wildman–Crippen MR) is 124 cm³/mol. The number of rotatable bonds is 4. The summed E-state index contributed by atoms with van der Waals surface area (Å²) in [6.45, 7) is 5.15. The summed E-state index contributed by atoms with van der Waals surface area (Å²) in [6.07, 6.45) is 1.78. The molecule has 1 fully saturated rings. The van der Waals surface area contributed by atoms with Crippen molar-refractivity contribution in [1.82, 2.24) is 14.9 Å². The summed E-state index contributed by atoms with van der Waals surface area (Å²) in [4.78, 5) is 22.7. The first kappa shape index (κ1) is 21.3. The molecule has 2 heterocycles. The molecule has 0 aliphatic carbocycles. The van der Waals surface area contributed by atoms with Crippen LogP contribution >= 0.6 is 0 Å². The maximum atomic E-state index is 13.2. The van der Waals surface area contributed by atoms with E-state index in [1.54, 1.807) is 0 Å². The number of nitrogen functional groups attached to an aromatic ring is 1. The number of nitriles is 1. The Morgan fingerprint density at radius 1 is 1.19 bits per heavy atom. The van der Waals surface area contributed by atoms with E-state index in [2.05, 4.69) is 16.0 Å². The Morgan fingerprint density at radius 3 is 2.50 bits per heavy atom. The second-order valence-corrected chi connectivity index (χ2v) is 8.29. The van der Waals surface area contributed by atoms with Gasteiger partial charge in [-0.1, -0.05) is 18.2 Å². The zero-order valence-electron chi connectivity index (χ0n) is 18.3. The lowest BCUT2D eigenvalue weighted by molar-refractivity contribution is 0.0713. The Hall–Kier alpha value is -3.92. The molecule has 7 heteroatoms. The molecule has 162 valence electrons. The normalized spacial score (nSPS) is 14.2. The molecule has 1 amide bonds. The molecule has 2 aromatic carbocycles. The number of hydrogen-bond acceptors (Lipinski definition) is 4. The molecule has 0 unspecified atom stereocenters. The van der Waals surface area contributed by atoms with Gasteiger partial charge >= 0.3 is 0 Å². The summed E-state index contributed by atoms with van der Waals surface area (Å²) in [5.41, 5.74) is 11.1. The average Bonchev–Trinajstić information content (AvgIpc) is 3.21. The third kappa shape index (κ3) is 4.12. The number of nitrogens with one attached hydrogen (secondary N) is 2. The van der Waals surface area contributed by atoms with Gasteiger partial charge in [0.2, 0.25) is 0 Å². The number of hydrogen-bond donors (Lipinski definition) is 3. The molecule has 0 radical (unpaired) electrons. The van der Waals surface area contributed by atoms with Crippen molar-refractivity contribution in [1.29, 1.82) is 10.7 Å². The summed E-state index contributed by atoms with van der Waals surface area (Å²) in [5, 5.41) is 16.8. The van der Waals surface area contributed by atoms with Crippen LogP contribution in [0, 0.1) is 30.6 Å². The maximum absolute atomic E-state index is 13.2. The van der Waals surface area contributed by atoms with Gasteiger partial charge in [0.25, 0.3) is 5.91 Å². The minimum absolute atomic E-state index is 0.00108. The van der Waals surface area contributed by atoms with Crippen LogP contribution in [0.25, 0.3) is 11.3 Å². The van der Waals surface area contributed by atoms with Gasteiger partial charge in [-0.2, -0.15) is 5.26 Å². The van der Waals surface area contributed by atoms with Gasteiger partial charge in [0.1, 0.15) is 17.4 Å². The third-order valence-corrected chi connectivity index (χ3v) is 6.12. The van der Waals surface area contributed by atoms with E-state index in [0.717, 1.165) is 24.0 Å². The Kier molecular flexibility index (Phi) is 5.78. The highest BCUT2D eigenvalue weighted by atomic mass is 16.2. The number of carbonyl (C=O) groups excluding carboxylic acids is 1. The fraction of sp³-hybridized carbons (Fsp3) is 0.280. The topological polar surface area (TPSA) is 123 Å². The largest absolute Gasteiger partial charge is 0.382 e. The summed E-state index contributed by atoms with van der Waals surface area (Å²) in [6, 6.07) is 15.5. The Balaban J connectivity index is 1.52. The number of aromatic nitrogens is 2. The van der Waals surface area contributed by atoms with E-state index in [1.807, 2.05) is 61.2 Å². The maximum Gasteiger partial charge on any atom is 0.253 e. The Morgan fingerprint density at radius 2 is 1.88 bits per heavy atom. The molecule has 1 aliphatic rings. The van der Waals surface area contributed by atoms with Crippen molar-refractivity contribution in [3.63, 3.8) is 0 Å². The van der Waals surface area contributed by atoms with E-state index in [4.69, 9.17) is 16.4 Å². The zero-order valence-corrected chi connectivity index (χ0v) is 18.3. The SMILES string of the molecule is Cc1nc(-c2cc(C(=O)N3CCC(c4ccc(C#N)cc4)CC3)ccc2C)c(C(=N)N)[nH]1. The van der Waals surface area contributed by atoms with E-state index < -0.39 is 0 Å². The lowest BCUT2D eigenvalue weighted by Gasteiger charge is -2.32. The molecule has 1 aliphatic heterocycles. The summed E-state index contributed by atoms with van der Waals surface area (Å²) in [7, 11) is 0. The van der Waals surface area contributed by atoms with Gasteiger partial charge in [0, 0.05) is 24.2 Å². The monoisotopic (exact) mass is 426 g/mol. The number of benzene rings is 2. The molecule has 0 atom stereocenters. The van der Waals surface area contributed by atoms with Crippen LogP contribution < -0.4 is 5.73 Å². The fourth-order valence-corrected chi connectivity index (χ4v) is 4.32. The number of amides is 1. The van der Waals surface area contributed by atoms with Crippen molar-refractivity contribution in [2.24, 2.45) is 5.73 Å². The van der Waals surface area contributed by atoms with Crippen LogP contribution in [0.2, 0.25) is 0 Å². The van der Waals surface area contributed by atoms with Gasteiger partial charge < -0.3 is 15.6 Å². The molecule has 32 heavy (non-hydrogen) atoms. The number of aryl methyl sites for hydroxylation is 2. The minimum atomic E-state index is -0.0818. The molecule has 7 nitrogen and oxygen atoms in total. The van der Waals surface area contributed by atoms with E-state index in [-0.39, 0.29) is 11.7 Å². The van der Waals surface area contributed by atoms with Gasteiger partial charge in [-0.05, 0) is 68.0 Å². The minimum Gasteiger partial charge on any atom is -0.382 e. The second-order valence-electron chi connectivity index (χ2n) is 8.29. The summed E-state index contributed by atoms with van der Waals surface area (Å²) in [5.74, 6) is 0.986. The van der Waals surface area contributed by atoms with E-state index in [9.17, 15) is 4.79 Å². The fourth-order valence-electron chi connectivity index (χ4n) is 4.32. The van der Waals surface area contributed by atoms with Gasteiger partial charge in [0.05, 0.1) is 17.3 Å². The standard InChI is InChI=1S/C25H26N6O/c1-15-3-6-20(13-21(15)22-23(24(27)28)30-16(2)29-22)25(32)31-11-9-19(10-12-31)18-7-4-17(14-26)5-8-18/h3-8,13,19H,9-12H2,1-2H3,(H3,27,28)(H,29,30). The first-order valence-corrected chi connectivity index (χ1v) is 10.7. The van der Waals surface area contributed by atoms with Crippen molar-refractivity contribution in [2.45, 2.75) is 32.6 Å². The van der Waals surface area contributed by atoms with E-state index >= 15 is 0 Å². The molecule has 0 bridgehead atoms. The number of H-pyrrole nitrogens is 1. The van der Waals surface area contributed by atoms with E-state index in [1.165, 1.54) is 5.56 Å². The van der Waals surface area contributed by atoms with Crippen molar-refractivity contribution in [3.05, 3.63) is 76.2 Å². The summed E-state index contributed by atoms with van der Waals surface area (Å²) >= 11 is 0. The first-order valence-electron chi connectivity index (χ1n) is 10.7. The molecule has 1 saturated heterocycles. The van der Waals surface area contributed by atoms with Crippen LogP contribution in [0.3, 0.4) is 0 Å². The molecule has 4 N–H and O–H groups in total. The number of imidazole rings is 1. The highest BCUT2D eigenvalue weighted by Crippen LogP contribution is 2.30. The molecule has 3 aromatic rings. The van der Waals surface area contributed by atoms with Gasteiger partial charge in [-0.25, -0.2) is 4.98 Å². The predicted octanol–water partition coefficient (Wildman–Crippen LogP) is 3.87. The smallest absolute Gasteiger partial charge is 0.253 e. The number of nitrogens with two attached hydrogens (primary N) is 1. The summed E-state index contributed by atoms with van der Waals surface area (Å²) < 4.78 is 0. The Bertz CT molecular complexity index is 1210. The number of aromatic amines is 1. The molecule has 1 aromatic heterocycles. The quantitative estimate of drug-likeness (QED) is 0.433. The molecule has 4 rings (SSSR count). The number of carbonyl (C=O) groups is 1. The van der Waals surface area contributed by atoms with Gasteiger partial charge in [-0.3, -0.25) is 10.2 Å². The highest BCUT2D eigenvalue weighted by molar-refractivity contribution is 6.00. The average molecular weight is 427 g/mol. The third-order valence-electron chi connectivity index (χ3n) is 6.12. The van der Waals surface area contributed by atoms with Gasteiger partial charge in [-0.15, -0.1) is 0 Å². The lowest BCUT2D eigenvalue weighted by atomic mass is 9.88. The van der Waals surface area contributed by atoms with Crippen molar-refractivity contribution in [3.8, 4) is 17.3 Å². The van der Waals surface area contributed by atoms with Crippen molar-refractivity contribution in [2.75, 3.05) is 13.1 Å². The lowest BCUT2D eigenvalue weighted by Crippen LogP contribution is -2.37. The highest BCUT2D eigenvalue weighted by Gasteiger charge is 2.25. The number of likely N-dealkylation sites (tertiary alicyclic amines) is 1. The van der Waals surface area contributed by atoms with Crippen LogP contribution in [0.4, 0.5) is 0 Å². The molecular weight excluding hydrogens is 400 g/mol. The van der Waals surface area contributed by atoms with Crippen LogP contribution in [0.5, 0.6) is 0 Å². The van der Waals surface area contributed by atoms with Crippen LogP contribution in [0.15, 0.2) is 42.5 Å². The molecular formula is C25H26N6O. The zero-order chi connectivity index (χ0) is 22.8. The number of amidine groups is 1. The second kappa shape index (κ2) is 8.67. The van der Waals surface area contributed by atoms with Crippen LogP contribution in [0.1, 0.15) is 57.3 Å². The van der Waals surface area contributed by atoms with Crippen LogP contribution in [-0.2, 0) is 0 Å². The van der Waals surface area contributed by atoms with E-state index in [0.29, 0.717) is 47.3 Å². The van der Waals surface area contributed by atoms with Crippen molar-refractivity contribution < 1.29 is 4.79 Å². The number of nitrogens with zero attached hydrogens (tertiary/aromatic N) is 3. The molecule has 0 spiro atoms. The van der Waals surface area contributed by atoms with Gasteiger partial charge in [0.15, 0.2) is 0 Å². The Labute approximate surface area is 187 Å². The number of piperidine rings is 1.